The van der Waals surface area contributed by atoms with Gasteiger partial charge in [-0.25, -0.2) is 8.98 Å². The summed E-state index contributed by atoms with van der Waals surface area (Å²) in [4.78, 5) is 11.0. The molecule has 0 heterocycles. The van der Waals surface area contributed by atoms with Gasteiger partial charge in [-0.2, -0.15) is 16.8 Å². The van der Waals surface area contributed by atoms with E-state index in [4.69, 9.17) is 7.97 Å². The van der Waals surface area contributed by atoms with E-state index in [-0.39, 0.29) is 0 Å². The molecule has 0 aliphatic heterocycles. The summed E-state index contributed by atoms with van der Waals surface area (Å²) < 4.78 is 67.8. The van der Waals surface area contributed by atoms with Crippen LogP contribution in [-0.4, -0.2) is 60.9 Å². The highest BCUT2D eigenvalue weighted by Crippen LogP contribution is 2.06. The number of aliphatic hydroxyl groups excluding tert-OH is 2. The normalized spacial score (nSPS) is 17.8. The molecule has 0 amide bonds. The van der Waals surface area contributed by atoms with Crippen LogP contribution in [0.4, 0.5) is 0 Å². The second kappa shape index (κ2) is 5.67. The van der Waals surface area contributed by atoms with Crippen molar-refractivity contribution in [3.05, 3.63) is 0 Å². The average molecular weight is 298 g/mol. The average Bonchev–Trinajstić information content (AvgIpc) is 2.34. The molecular weight excluding hydrogens is 288 g/mol. The molecule has 17 heavy (non-hydrogen) atoms. The first-order valence-corrected chi connectivity index (χ1v) is 6.25. The molecule has 0 fully saturated rings. The Morgan fingerprint density at radius 2 is 1.76 bits per heavy atom. The molecule has 0 aromatic rings. The zero-order valence-corrected chi connectivity index (χ0v) is 9.38. The minimum atomic E-state index is -5.05. The molecule has 0 unspecified atom stereocenters. The van der Waals surface area contributed by atoms with Gasteiger partial charge < -0.3 is 14.4 Å². The lowest BCUT2D eigenvalue weighted by Crippen LogP contribution is -2.41. The Kier molecular flexibility index (Phi) is 4.21. The molecule has 0 bridgehead atoms. The fourth-order valence-corrected chi connectivity index (χ4v) is 1.40. The van der Waals surface area contributed by atoms with E-state index in [1.165, 1.54) is 0 Å². The molecule has 0 rings (SSSR count). The summed E-state index contributed by atoms with van der Waals surface area (Å²) in [5.41, 5.74) is 0. The van der Waals surface area contributed by atoms with Crippen LogP contribution in [0.3, 0.4) is 0 Å². The molecule has 11 nitrogen and oxygen atoms in total. The van der Waals surface area contributed by atoms with Crippen LogP contribution < -0.4 is 0 Å². The van der Waals surface area contributed by atoms with Gasteiger partial charge in [0.25, 0.3) is 0 Å². The van der Waals surface area contributed by atoms with Gasteiger partial charge in [0.05, 0.1) is 6.61 Å². The van der Waals surface area contributed by atoms with E-state index >= 15 is 0 Å². The second-order valence-corrected chi connectivity index (χ2v) is 4.47. The molecule has 0 aliphatic carbocycles. The van der Waals surface area contributed by atoms with Crippen molar-refractivity contribution in [3.63, 3.8) is 0 Å². The summed E-state index contributed by atoms with van der Waals surface area (Å²) in [6.07, 6.45) is -4.76. The molecule has 0 radical (unpaired) electrons. The fourth-order valence-electron chi connectivity index (χ4n) is 0.636. The number of aliphatic hydroxyl groups is 2. The highest BCUT2D eigenvalue weighted by atomic mass is 32.3. The lowest BCUT2D eigenvalue weighted by Gasteiger charge is -2.16. The third-order valence-corrected chi connectivity index (χ3v) is 2.05. The standard InChI is InChI=1S/C4H8O11S2/c5-1-2(14-16(8,9)10)3(6)4(7)15-17(11,12)13/h2-3,5-6H,1H2,(H,8,9,10)(H,11,12,13)/t2-,3+/m1/s1/i/hD2. The van der Waals surface area contributed by atoms with Crippen molar-refractivity contribution in [2.45, 2.75) is 12.2 Å². The van der Waals surface area contributed by atoms with Crippen LogP contribution in [0, 0.1) is 0 Å². The smallest absolute Gasteiger partial charge is 0.393 e. The third kappa shape index (κ3) is 7.16. The largest absolute Gasteiger partial charge is 0.449 e. The molecule has 0 aliphatic rings. The quantitative estimate of drug-likeness (QED) is 0.332. The molecule has 2 atom stereocenters. The van der Waals surface area contributed by atoms with Gasteiger partial charge >= 0.3 is 26.8 Å². The van der Waals surface area contributed by atoms with Gasteiger partial charge in [0.2, 0.25) is 2.86 Å². The van der Waals surface area contributed by atoms with E-state index in [0.29, 0.717) is 0 Å². The van der Waals surface area contributed by atoms with E-state index in [1.807, 2.05) is 0 Å². The Morgan fingerprint density at radius 3 is 2.18 bits per heavy atom. The van der Waals surface area contributed by atoms with Crippen molar-refractivity contribution < 1.29 is 49.3 Å². The topological polar surface area (TPSA) is 185 Å². The van der Waals surface area contributed by atoms with Crippen LogP contribution in [-0.2, 0) is 34.0 Å². The molecule has 0 aromatic carbocycles. The van der Waals surface area contributed by atoms with Gasteiger partial charge in [0.15, 0.2) is 6.10 Å². The SMILES string of the molecule is [2H]OS(=O)(=O)OC(=O)[C@@H](O)[C@@H](CO)OS(=O)(=O)O[2H]. The molecule has 13 heteroatoms. The lowest BCUT2D eigenvalue weighted by atomic mass is 10.2. The fraction of sp³-hybridized carbons (Fsp3) is 0.750. The first kappa shape index (κ1) is 12.6. The third-order valence-electron chi connectivity index (χ3n) is 1.20. The van der Waals surface area contributed by atoms with Crippen molar-refractivity contribution in [2.24, 2.45) is 0 Å². The van der Waals surface area contributed by atoms with Gasteiger partial charge in [-0.1, -0.05) is 0 Å². The second-order valence-electron chi connectivity index (χ2n) is 2.48. The number of hydrogen-bond acceptors (Lipinski definition) is 11. The summed E-state index contributed by atoms with van der Waals surface area (Å²) in [5.74, 6) is -1.98. The van der Waals surface area contributed by atoms with E-state index < -0.39 is 45.6 Å². The van der Waals surface area contributed by atoms with Crippen LogP contribution in [0.2, 0.25) is 0 Å². The van der Waals surface area contributed by atoms with Crippen LogP contribution in [0.15, 0.2) is 0 Å². The highest BCUT2D eigenvalue weighted by molar-refractivity contribution is 7.81. The van der Waals surface area contributed by atoms with Gasteiger partial charge in [-0.3, -0.25) is 9.11 Å². The Morgan fingerprint density at radius 1 is 1.24 bits per heavy atom. The van der Waals surface area contributed by atoms with Crippen molar-refractivity contribution in [1.82, 2.24) is 0 Å². The molecular formula is C4H8O11S2. The van der Waals surface area contributed by atoms with Crippen LogP contribution in [0.1, 0.15) is 0 Å². The Labute approximate surface area is 98.5 Å². The van der Waals surface area contributed by atoms with Gasteiger partial charge in [0, 0.05) is 0 Å². The number of hydrogen-bond donors (Lipinski definition) is 4. The minimum absolute atomic E-state index is 1.26. The summed E-state index contributed by atoms with van der Waals surface area (Å²) >= 11 is 0. The Bertz CT molecular complexity index is 497. The van der Waals surface area contributed by atoms with Crippen molar-refractivity contribution in [2.75, 3.05) is 6.61 Å². The van der Waals surface area contributed by atoms with Crippen molar-refractivity contribution in [1.29, 1.82) is 2.86 Å². The number of carbonyl (C=O) groups excluding carboxylic acids is 1. The molecule has 4 N–H and O–H groups in total. The summed E-state index contributed by atoms with van der Waals surface area (Å²) in [7, 11) is -9.99. The molecule has 0 saturated heterocycles. The Balaban J connectivity index is 4.86. The van der Waals surface area contributed by atoms with Crippen LogP contribution >= 0.6 is 0 Å². The monoisotopic (exact) mass is 298 g/mol. The molecule has 0 spiro atoms. The first-order valence-electron chi connectivity index (χ1n) is 4.40. The summed E-state index contributed by atoms with van der Waals surface area (Å²) in [6.45, 7) is -1.26. The van der Waals surface area contributed by atoms with E-state index in [9.17, 15) is 26.7 Å². The highest BCUT2D eigenvalue weighted by Gasteiger charge is 2.33. The van der Waals surface area contributed by atoms with Gasteiger partial charge in [0.1, 0.15) is 6.10 Å². The van der Waals surface area contributed by atoms with Crippen molar-refractivity contribution >= 4 is 26.8 Å². The minimum Gasteiger partial charge on any atom is -0.393 e. The maximum absolute atomic E-state index is 11.0. The molecule has 0 saturated carbocycles. The number of carbonyl (C=O) groups is 1. The summed E-state index contributed by atoms with van der Waals surface area (Å²) in [5, 5.41) is 17.8. The molecule has 102 valence electrons. The van der Waals surface area contributed by atoms with Crippen LogP contribution in [0.25, 0.3) is 2.86 Å². The maximum Gasteiger partial charge on any atom is 0.449 e. The van der Waals surface area contributed by atoms with E-state index in [0.717, 1.165) is 0 Å². The van der Waals surface area contributed by atoms with Gasteiger partial charge in [-0.05, 0) is 0 Å². The first-order chi connectivity index (χ1) is 8.58. The lowest BCUT2D eigenvalue weighted by molar-refractivity contribution is -0.150. The van der Waals surface area contributed by atoms with E-state index in [1.54, 1.807) is 0 Å². The zero-order valence-electron chi connectivity index (χ0n) is 9.75. The maximum atomic E-state index is 11.0. The zero-order chi connectivity index (χ0) is 15.3. The van der Waals surface area contributed by atoms with Gasteiger partial charge in [-0.15, -0.1) is 0 Å². The summed E-state index contributed by atoms with van der Waals surface area (Å²) in [6, 6.07) is 0. The predicted octanol–water partition coefficient (Wildman–Crippen LogP) is -3.13. The van der Waals surface area contributed by atoms with Crippen molar-refractivity contribution in [3.8, 4) is 0 Å². The number of rotatable bonds is 8. The Hall–Kier alpha value is -0.830. The van der Waals surface area contributed by atoms with Crippen LogP contribution in [0.5, 0.6) is 0 Å². The predicted molar refractivity (Wildman–Crippen MR) is 47.2 cm³/mol. The molecule has 0 aromatic heterocycles. The van der Waals surface area contributed by atoms with E-state index in [2.05, 4.69) is 17.5 Å².